The second kappa shape index (κ2) is 5.88. The molecule has 0 radical (unpaired) electrons. The zero-order valence-corrected chi connectivity index (χ0v) is 11.9. The van der Waals surface area contributed by atoms with E-state index in [1.54, 1.807) is 6.20 Å². The average Bonchev–Trinajstić information content (AvgIpc) is 2.71. The Labute approximate surface area is 114 Å². The first-order chi connectivity index (χ1) is 8.98. The van der Waals surface area contributed by atoms with Crippen LogP contribution >= 0.6 is 0 Å². The van der Waals surface area contributed by atoms with Crippen molar-refractivity contribution in [2.24, 2.45) is 5.73 Å². The molecule has 0 amide bonds. The highest BCUT2D eigenvalue weighted by atomic mass is 32.2. The molecule has 0 bridgehead atoms. The molecule has 0 saturated carbocycles. The molecule has 0 aliphatic carbocycles. The highest BCUT2D eigenvalue weighted by molar-refractivity contribution is 7.91. The van der Waals surface area contributed by atoms with Crippen LogP contribution in [0.4, 0.5) is 0 Å². The van der Waals surface area contributed by atoms with Gasteiger partial charge in [0.2, 0.25) is 0 Å². The minimum atomic E-state index is -2.90. The second-order valence-corrected chi connectivity index (χ2v) is 7.23. The first kappa shape index (κ1) is 14.3. The molecule has 0 aromatic carbocycles. The van der Waals surface area contributed by atoms with Crippen LogP contribution in [-0.2, 0) is 16.3 Å². The Bertz CT molecular complexity index is 513. The monoisotopic (exact) mass is 284 g/mol. The summed E-state index contributed by atoms with van der Waals surface area (Å²) in [7, 11) is -2.90. The van der Waals surface area contributed by atoms with E-state index in [1.165, 1.54) is 0 Å². The summed E-state index contributed by atoms with van der Waals surface area (Å²) >= 11 is 0. The van der Waals surface area contributed by atoms with Crippen molar-refractivity contribution in [1.82, 2.24) is 4.98 Å². The van der Waals surface area contributed by atoms with Crippen LogP contribution in [0.15, 0.2) is 18.3 Å². The predicted molar refractivity (Wildman–Crippen MR) is 73.9 cm³/mol. The summed E-state index contributed by atoms with van der Waals surface area (Å²) in [6.07, 6.45) is 3.62. The summed E-state index contributed by atoms with van der Waals surface area (Å²) in [5, 5.41) is 0. The van der Waals surface area contributed by atoms with Crippen LogP contribution in [0.1, 0.15) is 25.5 Å². The van der Waals surface area contributed by atoms with Gasteiger partial charge in [0.25, 0.3) is 0 Å². The largest absolute Gasteiger partial charge is 0.488 e. The van der Waals surface area contributed by atoms with Crippen LogP contribution in [0.5, 0.6) is 5.75 Å². The van der Waals surface area contributed by atoms with Crippen molar-refractivity contribution in [2.75, 3.05) is 11.5 Å². The van der Waals surface area contributed by atoms with E-state index in [1.807, 2.05) is 19.1 Å². The van der Waals surface area contributed by atoms with E-state index in [0.717, 1.165) is 18.5 Å². The Morgan fingerprint density at radius 2 is 2.32 bits per heavy atom. The number of nitrogens with two attached hydrogens (primary N) is 1. The fraction of sp³-hybridized carbons (Fsp3) is 0.615. The molecule has 1 saturated heterocycles. The quantitative estimate of drug-likeness (QED) is 0.869. The first-order valence-corrected chi connectivity index (χ1v) is 8.38. The van der Waals surface area contributed by atoms with Crippen LogP contribution in [0.25, 0.3) is 0 Å². The van der Waals surface area contributed by atoms with E-state index < -0.39 is 9.84 Å². The van der Waals surface area contributed by atoms with E-state index in [0.29, 0.717) is 12.2 Å². The molecule has 1 aliphatic rings. The number of ether oxygens (including phenoxy) is 1. The number of hydrogen-bond acceptors (Lipinski definition) is 5. The van der Waals surface area contributed by atoms with Gasteiger partial charge in [-0.25, -0.2) is 8.42 Å². The van der Waals surface area contributed by atoms with Gasteiger partial charge < -0.3 is 10.5 Å². The van der Waals surface area contributed by atoms with E-state index in [4.69, 9.17) is 10.5 Å². The van der Waals surface area contributed by atoms with Crippen LogP contribution in [0.2, 0.25) is 0 Å². The maximum absolute atomic E-state index is 11.3. The summed E-state index contributed by atoms with van der Waals surface area (Å²) in [4.78, 5) is 4.29. The van der Waals surface area contributed by atoms with Crippen molar-refractivity contribution >= 4 is 9.84 Å². The highest BCUT2D eigenvalue weighted by Crippen LogP contribution is 2.19. The second-order valence-electron chi connectivity index (χ2n) is 5.00. The molecule has 1 aromatic rings. The number of pyridine rings is 1. The maximum atomic E-state index is 11.3. The molecule has 5 nitrogen and oxygen atoms in total. The van der Waals surface area contributed by atoms with Gasteiger partial charge >= 0.3 is 0 Å². The fourth-order valence-electron chi connectivity index (χ4n) is 2.06. The third-order valence-electron chi connectivity index (χ3n) is 3.29. The van der Waals surface area contributed by atoms with Crippen LogP contribution < -0.4 is 10.5 Å². The maximum Gasteiger partial charge on any atom is 0.154 e. The zero-order chi connectivity index (χ0) is 13.9. The molecule has 0 spiro atoms. The van der Waals surface area contributed by atoms with Crippen LogP contribution in [0, 0.1) is 0 Å². The molecule has 2 rings (SSSR count). The SMILES string of the molecule is CCC(N)Cc1ccc(OC2CCS(=O)(=O)C2)cn1. The van der Waals surface area contributed by atoms with E-state index in [9.17, 15) is 8.42 Å². The molecule has 2 heterocycles. The highest BCUT2D eigenvalue weighted by Gasteiger charge is 2.29. The van der Waals surface area contributed by atoms with Crippen molar-refractivity contribution in [3.05, 3.63) is 24.0 Å². The van der Waals surface area contributed by atoms with Crippen LogP contribution in [-0.4, -0.2) is 37.1 Å². The lowest BCUT2D eigenvalue weighted by Gasteiger charge is -2.12. The van der Waals surface area contributed by atoms with Gasteiger partial charge in [-0.1, -0.05) is 6.92 Å². The predicted octanol–water partition coefficient (Wildman–Crippen LogP) is 0.927. The smallest absolute Gasteiger partial charge is 0.154 e. The van der Waals surface area contributed by atoms with Gasteiger partial charge in [0.15, 0.2) is 9.84 Å². The summed E-state index contributed by atoms with van der Waals surface area (Å²) in [5.74, 6) is 0.945. The lowest BCUT2D eigenvalue weighted by atomic mass is 10.1. The van der Waals surface area contributed by atoms with Gasteiger partial charge in [0, 0.05) is 18.2 Å². The van der Waals surface area contributed by atoms with Gasteiger partial charge in [0.05, 0.1) is 17.7 Å². The Morgan fingerprint density at radius 1 is 1.53 bits per heavy atom. The van der Waals surface area contributed by atoms with Crippen molar-refractivity contribution < 1.29 is 13.2 Å². The molecule has 106 valence electrons. The standard InChI is InChI=1S/C13H20N2O3S/c1-2-10(14)7-11-3-4-12(8-15-11)18-13-5-6-19(16,17)9-13/h3-4,8,10,13H,2,5-7,9,14H2,1H3. The van der Waals surface area contributed by atoms with Crippen LogP contribution in [0.3, 0.4) is 0 Å². The van der Waals surface area contributed by atoms with Crippen molar-refractivity contribution in [3.8, 4) is 5.75 Å². The molecule has 1 aromatic heterocycles. The summed E-state index contributed by atoms with van der Waals surface area (Å²) in [5.41, 5.74) is 6.80. The Hall–Kier alpha value is -1.14. The number of nitrogens with zero attached hydrogens (tertiary/aromatic N) is 1. The lowest BCUT2D eigenvalue weighted by molar-refractivity contribution is 0.228. The molecule has 2 N–H and O–H groups in total. The zero-order valence-electron chi connectivity index (χ0n) is 11.1. The lowest BCUT2D eigenvalue weighted by Crippen LogP contribution is -2.22. The molecule has 6 heteroatoms. The normalized spacial score (nSPS) is 23.2. The number of aromatic nitrogens is 1. The minimum absolute atomic E-state index is 0.107. The van der Waals surface area contributed by atoms with Crippen molar-refractivity contribution in [3.63, 3.8) is 0 Å². The summed E-state index contributed by atoms with van der Waals surface area (Å²) in [6.45, 7) is 2.04. The third-order valence-corrected chi connectivity index (χ3v) is 5.02. The topological polar surface area (TPSA) is 82.3 Å². The Kier molecular flexibility index (Phi) is 4.42. The Morgan fingerprint density at radius 3 is 2.84 bits per heavy atom. The summed E-state index contributed by atoms with van der Waals surface area (Å²) < 4.78 is 28.3. The average molecular weight is 284 g/mol. The molecule has 19 heavy (non-hydrogen) atoms. The Balaban J connectivity index is 1.92. The third kappa shape index (κ3) is 4.18. The van der Waals surface area contributed by atoms with E-state index in [-0.39, 0.29) is 23.7 Å². The van der Waals surface area contributed by atoms with E-state index >= 15 is 0 Å². The molecule has 2 unspecified atom stereocenters. The molecular weight excluding hydrogens is 264 g/mol. The minimum Gasteiger partial charge on any atom is -0.488 e. The van der Waals surface area contributed by atoms with Gasteiger partial charge in [-0.05, 0) is 25.0 Å². The molecule has 1 aliphatic heterocycles. The summed E-state index contributed by atoms with van der Waals surface area (Å²) in [6, 6.07) is 3.84. The van der Waals surface area contributed by atoms with Gasteiger partial charge in [-0.2, -0.15) is 0 Å². The number of hydrogen-bond donors (Lipinski definition) is 1. The number of rotatable bonds is 5. The molecule has 2 atom stereocenters. The fourth-order valence-corrected chi connectivity index (χ4v) is 3.65. The van der Waals surface area contributed by atoms with Gasteiger partial charge in [-0.15, -0.1) is 0 Å². The van der Waals surface area contributed by atoms with Crippen molar-refractivity contribution in [2.45, 2.75) is 38.3 Å². The van der Waals surface area contributed by atoms with Crippen molar-refractivity contribution in [1.29, 1.82) is 0 Å². The number of sulfone groups is 1. The van der Waals surface area contributed by atoms with Gasteiger partial charge in [-0.3, -0.25) is 4.98 Å². The molecular formula is C13H20N2O3S. The van der Waals surface area contributed by atoms with Gasteiger partial charge in [0.1, 0.15) is 11.9 Å². The first-order valence-electron chi connectivity index (χ1n) is 6.56. The van der Waals surface area contributed by atoms with E-state index in [2.05, 4.69) is 4.98 Å². The molecule has 1 fully saturated rings.